The van der Waals surface area contributed by atoms with Crippen LogP contribution >= 0.6 is 69.6 Å². The van der Waals surface area contributed by atoms with E-state index < -0.39 is 0 Å². The maximum atomic E-state index is 6.18. The Morgan fingerprint density at radius 2 is 1.31 bits per heavy atom. The van der Waals surface area contributed by atoms with E-state index in [9.17, 15) is 0 Å². The van der Waals surface area contributed by atoms with Crippen molar-refractivity contribution in [3.8, 4) is 0 Å². The summed E-state index contributed by atoms with van der Waals surface area (Å²) in [5.41, 5.74) is 2.45. The molecule has 6 heteroatoms. The highest BCUT2D eigenvalue weighted by atomic mass is 35.5. The molecule has 1 aromatic carbocycles. The van der Waals surface area contributed by atoms with E-state index in [0.29, 0.717) is 20.6 Å². The molecule has 0 saturated heterocycles. The van der Waals surface area contributed by atoms with Crippen molar-refractivity contribution < 1.29 is 0 Å². The van der Waals surface area contributed by atoms with E-state index in [4.69, 9.17) is 69.6 Å². The van der Waals surface area contributed by atoms with Gasteiger partial charge in [0.05, 0.1) is 30.5 Å². The first-order valence-electron chi connectivity index (χ1n) is 4.36. The van der Waals surface area contributed by atoms with Gasteiger partial charge in [-0.25, -0.2) is 0 Å². The van der Waals surface area contributed by atoms with E-state index in [0.717, 1.165) is 11.1 Å². The molecule has 2 atom stereocenters. The minimum absolute atomic E-state index is 0.0453. The van der Waals surface area contributed by atoms with Crippen LogP contribution in [0.5, 0.6) is 0 Å². The Hall–Kier alpha value is 0.700. The first kappa shape index (κ1) is 11.8. The second kappa shape index (κ2) is 3.60. The summed E-state index contributed by atoms with van der Waals surface area (Å²) >= 11 is 36.5. The lowest BCUT2D eigenvalue weighted by molar-refractivity contribution is 1.17. The maximum Gasteiger partial charge on any atom is 0.0800 e. The summed E-state index contributed by atoms with van der Waals surface area (Å²) in [5, 5.41) is 1.70. The summed E-state index contributed by atoms with van der Waals surface area (Å²) in [6.45, 7) is 0. The predicted octanol–water partition coefficient (Wildman–Crippen LogP) is 5.97. The Kier molecular flexibility index (Phi) is 2.65. The summed E-state index contributed by atoms with van der Waals surface area (Å²) in [6.07, 6.45) is 0. The van der Waals surface area contributed by atoms with Crippen molar-refractivity contribution in [2.75, 3.05) is 0 Å². The molecule has 0 spiro atoms. The highest BCUT2D eigenvalue weighted by Crippen LogP contribution is 2.66. The summed E-state index contributed by atoms with van der Waals surface area (Å²) in [4.78, 5) is 0. The molecule has 1 saturated carbocycles. The molecule has 2 aliphatic rings. The van der Waals surface area contributed by atoms with E-state index in [1.54, 1.807) is 0 Å². The van der Waals surface area contributed by atoms with Gasteiger partial charge in [0.1, 0.15) is 0 Å². The van der Waals surface area contributed by atoms with Crippen molar-refractivity contribution in [3.63, 3.8) is 0 Å². The largest absolute Gasteiger partial charge is 0.117 e. The molecule has 2 unspecified atom stereocenters. The Morgan fingerprint density at radius 1 is 0.750 bits per heavy atom. The van der Waals surface area contributed by atoms with Crippen molar-refractivity contribution in [1.29, 1.82) is 0 Å². The van der Waals surface area contributed by atoms with Gasteiger partial charge in [-0.3, -0.25) is 0 Å². The fourth-order valence-corrected chi connectivity index (χ4v) is 4.14. The zero-order chi connectivity index (χ0) is 11.8. The molecule has 0 N–H and O–H groups in total. The topological polar surface area (TPSA) is 0 Å². The molecule has 0 aromatic heterocycles. The van der Waals surface area contributed by atoms with Crippen LogP contribution in [0, 0.1) is 0 Å². The van der Waals surface area contributed by atoms with E-state index in [2.05, 4.69) is 0 Å². The summed E-state index contributed by atoms with van der Waals surface area (Å²) in [5.74, 6) is 0.0453. The quantitative estimate of drug-likeness (QED) is 0.311. The van der Waals surface area contributed by atoms with Crippen LogP contribution in [0.3, 0.4) is 0 Å². The van der Waals surface area contributed by atoms with Gasteiger partial charge in [-0.1, -0.05) is 58.0 Å². The second-order valence-corrected chi connectivity index (χ2v) is 6.05. The molecule has 1 fully saturated rings. The fourth-order valence-electron chi connectivity index (χ4n) is 2.09. The minimum Gasteiger partial charge on any atom is -0.117 e. The molecule has 3 rings (SSSR count). The average Bonchev–Trinajstić information content (AvgIpc) is 2.78. The van der Waals surface area contributed by atoms with Gasteiger partial charge in [-0.2, -0.15) is 0 Å². The lowest BCUT2D eigenvalue weighted by Gasteiger charge is -2.13. The van der Waals surface area contributed by atoms with E-state index in [-0.39, 0.29) is 21.3 Å². The lowest BCUT2D eigenvalue weighted by Crippen LogP contribution is -1.94. The number of rotatable bonds is 0. The zero-order valence-electron chi connectivity index (χ0n) is 7.42. The van der Waals surface area contributed by atoms with E-state index in [1.165, 1.54) is 0 Å². The van der Waals surface area contributed by atoms with Crippen molar-refractivity contribution in [3.05, 3.63) is 36.8 Å². The Morgan fingerprint density at radius 3 is 1.94 bits per heavy atom. The van der Waals surface area contributed by atoms with Gasteiger partial charge >= 0.3 is 0 Å². The third kappa shape index (κ3) is 1.27. The van der Waals surface area contributed by atoms with Gasteiger partial charge in [0.25, 0.3) is 0 Å². The molecule has 1 aromatic rings. The van der Waals surface area contributed by atoms with Crippen LogP contribution in [0.15, 0.2) is 5.57 Å². The fraction of sp³-hybridized carbons (Fsp3) is 0.200. The predicted molar refractivity (Wildman–Crippen MR) is 71.6 cm³/mol. The first-order valence-corrected chi connectivity index (χ1v) is 6.69. The monoisotopic (exact) mass is 332 g/mol. The first-order chi connectivity index (χ1) is 7.46. The number of hydrogen-bond donors (Lipinski definition) is 0. The number of allylic oxidation sites excluding steroid dienone is 1. The van der Waals surface area contributed by atoms with Crippen LogP contribution < -0.4 is 0 Å². The van der Waals surface area contributed by atoms with Gasteiger partial charge < -0.3 is 0 Å². The smallest absolute Gasteiger partial charge is 0.0800 e. The summed E-state index contributed by atoms with van der Waals surface area (Å²) in [6, 6.07) is 0. The number of fused-ring (bicyclic) bond motifs is 3. The van der Waals surface area contributed by atoms with Crippen LogP contribution in [0.2, 0.25) is 20.1 Å². The maximum absolute atomic E-state index is 6.18. The molecule has 0 heterocycles. The van der Waals surface area contributed by atoms with Gasteiger partial charge in [0.2, 0.25) is 0 Å². The molecule has 84 valence electrons. The molecule has 2 aliphatic carbocycles. The molecule has 0 nitrogen and oxygen atoms in total. The molecular weight excluding hydrogens is 333 g/mol. The van der Waals surface area contributed by atoms with Crippen LogP contribution in [0.25, 0.3) is 5.03 Å². The van der Waals surface area contributed by atoms with Crippen molar-refractivity contribution in [2.24, 2.45) is 0 Å². The number of benzene rings is 1. The van der Waals surface area contributed by atoms with Gasteiger partial charge in [-0.05, 0) is 11.1 Å². The molecule has 0 amide bonds. The third-order valence-corrected chi connectivity index (χ3v) is 5.61. The minimum atomic E-state index is -0.0918. The van der Waals surface area contributed by atoms with E-state index >= 15 is 0 Å². The number of halogens is 6. The SMILES string of the molecule is ClC1=C2C(Cl)C2c2c(Cl)c(Cl)c(Cl)c(Cl)c21. The van der Waals surface area contributed by atoms with Crippen LogP contribution in [0.4, 0.5) is 0 Å². The van der Waals surface area contributed by atoms with Crippen molar-refractivity contribution >= 4 is 74.6 Å². The number of alkyl halides is 1. The average molecular weight is 335 g/mol. The van der Waals surface area contributed by atoms with Crippen molar-refractivity contribution in [1.82, 2.24) is 0 Å². The lowest BCUT2D eigenvalue weighted by atomic mass is 10.1. The van der Waals surface area contributed by atoms with Gasteiger partial charge in [0, 0.05) is 11.5 Å². The normalized spacial score (nSPS) is 25.9. The Labute approximate surface area is 122 Å². The molecule has 0 radical (unpaired) electrons. The summed E-state index contributed by atoms with van der Waals surface area (Å²) in [7, 11) is 0. The van der Waals surface area contributed by atoms with Crippen LogP contribution in [-0.4, -0.2) is 5.38 Å². The second-order valence-electron chi connectivity index (χ2n) is 3.69. The molecule has 0 bridgehead atoms. The van der Waals surface area contributed by atoms with Crippen molar-refractivity contribution in [2.45, 2.75) is 11.3 Å². The Bertz CT molecular complexity index is 559. The Balaban J connectivity index is 2.38. The number of hydrogen-bond acceptors (Lipinski definition) is 0. The van der Waals surface area contributed by atoms with E-state index in [1.807, 2.05) is 0 Å². The highest BCUT2D eigenvalue weighted by molar-refractivity contribution is 6.58. The zero-order valence-corrected chi connectivity index (χ0v) is 12.0. The summed E-state index contributed by atoms with van der Waals surface area (Å²) < 4.78 is 0. The van der Waals surface area contributed by atoms with Gasteiger partial charge in [-0.15, -0.1) is 11.6 Å². The molecule has 0 aliphatic heterocycles. The van der Waals surface area contributed by atoms with Crippen LogP contribution in [-0.2, 0) is 0 Å². The van der Waals surface area contributed by atoms with Crippen LogP contribution in [0.1, 0.15) is 17.0 Å². The molecular formula is C10H2Cl6. The third-order valence-electron chi connectivity index (χ3n) is 2.90. The standard InChI is InChI=1S/C10H2Cl6/c11-5-1-2-4(6(12)3(1)5)8(14)10(16)9(15)7(2)13/h1,5H. The molecule has 16 heavy (non-hydrogen) atoms. The highest BCUT2D eigenvalue weighted by Gasteiger charge is 2.54. The van der Waals surface area contributed by atoms with Gasteiger partial charge in [0.15, 0.2) is 0 Å².